The number of benzene rings is 1. The largest absolute Gasteiger partial charge is 0.468 e. The Bertz CT molecular complexity index is 853. The van der Waals surface area contributed by atoms with Crippen LogP contribution in [0.1, 0.15) is 29.7 Å². The zero-order chi connectivity index (χ0) is 18.6. The number of nitrogens with one attached hydrogen (secondary N) is 1. The molecule has 4 rings (SSSR count). The molecule has 1 aliphatic rings. The molecule has 1 aliphatic heterocycles. The van der Waals surface area contributed by atoms with Crippen LogP contribution < -0.4 is 5.32 Å². The summed E-state index contributed by atoms with van der Waals surface area (Å²) in [5.41, 5.74) is 0.984. The number of carbonyl (C=O) groups excluding carboxylic acids is 1. The highest BCUT2D eigenvalue weighted by molar-refractivity contribution is 7.18. The minimum absolute atomic E-state index is 0.0855. The Kier molecular flexibility index (Phi) is 5.40. The summed E-state index contributed by atoms with van der Waals surface area (Å²) in [7, 11) is 1.80. The molecule has 3 heterocycles. The van der Waals surface area contributed by atoms with Crippen LogP contribution in [0.15, 0.2) is 47.1 Å². The Hall–Kier alpha value is -2.38. The van der Waals surface area contributed by atoms with Gasteiger partial charge in [0.05, 0.1) is 29.1 Å². The van der Waals surface area contributed by atoms with Gasteiger partial charge < -0.3 is 14.6 Å². The standard InChI is InChI=1S/C20H24N4O2S/c1-23(14-19-22-15-7-2-3-9-18(15)27-19)20(25)21-13-16(17-8-6-12-26-17)24-10-4-5-11-24/h2-3,6-9,12,16H,4-5,10-11,13-14H2,1H3,(H,21,25). The molecule has 1 N–H and O–H groups in total. The highest BCUT2D eigenvalue weighted by Gasteiger charge is 2.26. The van der Waals surface area contributed by atoms with Gasteiger partial charge in [-0.2, -0.15) is 0 Å². The van der Waals surface area contributed by atoms with Crippen LogP contribution in [-0.4, -0.2) is 47.5 Å². The van der Waals surface area contributed by atoms with Crippen molar-refractivity contribution in [3.63, 3.8) is 0 Å². The van der Waals surface area contributed by atoms with Crippen molar-refractivity contribution >= 4 is 27.6 Å². The van der Waals surface area contributed by atoms with E-state index in [1.807, 2.05) is 30.3 Å². The topological polar surface area (TPSA) is 61.6 Å². The van der Waals surface area contributed by atoms with Gasteiger partial charge in [0.2, 0.25) is 0 Å². The molecule has 3 aromatic rings. The number of para-hydroxylation sites is 1. The van der Waals surface area contributed by atoms with E-state index >= 15 is 0 Å². The molecule has 2 aromatic heterocycles. The minimum Gasteiger partial charge on any atom is -0.468 e. The molecule has 6 nitrogen and oxygen atoms in total. The van der Waals surface area contributed by atoms with Crippen molar-refractivity contribution in [1.29, 1.82) is 0 Å². The molecule has 0 saturated carbocycles. The quantitative estimate of drug-likeness (QED) is 0.701. The zero-order valence-corrected chi connectivity index (χ0v) is 16.2. The van der Waals surface area contributed by atoms with E-state index in [1.54, 1.807) is 29.5 Å². The summed E-state index contributed by atoms with van der Waals surface area (Å²) in [5.74, 6) is 0.908. The smallest absolute Gasteiger partial charge is 0.317 e. The summed E-state index contributed by atoms with van der Waals surface area (Å²) >= 11 is 1.63. The molecule has 7 heteroatoms. The molecule has 1 atom stereocenters. The highest BCUT2D eigenvalue weighted by Crippen LogP contribution is 2.25. The normalized spacial score (nSPS) is 15.9. The third-order valence-electron chi connectivity index (χ3n) is 4.96. The molecule has 0 aliphatic carbocycles. The molecule has 0 bridgehead atoms. The first-order valence-electron chi connectivity index (χ1n) is 9.31. The number of urea groups is 1. The maximum Gasteiger partial charge on any atom is 0.317 e. The number of amides is 2. The first-order chi connectivity index (χ1) is 13.2. The van der Waals surface area contributed by atoms with Crippen LogP contribution >= 0.6 is 11.3 Å². The van der Waals surface area contributed by atoms with Crippen LogP contribution in [0.2, 0.25) is 0 Å². The fourth-order valence-electron chi connectivity index (χ4n) is 3.52. The lowest BCUT2D eigenvalue weighted by Crippen LogP contribution is -2.42. The second-order valence-electron chi connectivity index (χ2n) is 6.89. The third kappa shape index (κ3) is 4.14. The minimum atomic E-state index is -0.0926. The Morgan fingerprint density at radius 2 is 2.11 bits per heavy atom. The lowest BCUT2D eigenvalue weighted by molar-refractivity contribution is 0.187. The van der Waals surface area contributed by atoms with E-state index in [0.29, 0.717) is 13.1 Å². The van der Waals surface area contributed by atoms with E-state index in [9.17, 15) is 4.79 Å². The van der Waals surface area contributed by atoms with Gasteiger partial charge in [-0.1, -0.05) is 12.1 Å². The Morgan fingerprint density at radius 3 is 2.85 bits per heavy atom. The third-order valence-corrected chi connectivity index (χ3v) is 5.98. The lowest BCUT2D eigenvalue weighted by atomic mass is 10.2. The fraction of sp³-hybridized carbons (Fsp3) is 0.400. The molecule has 0 spiro atoms. The second kappa shape index (κ2) is 8.10. The maximum atomic E-state index is 12.6. The predicted molar refractivity (Wildman–Crippen MR) is 107 cm³/mol. The van der Waals surface area contributed by atoms with Crippen LogP contribution in [0, 0.1) is 0 Å². The molecule has 2 amide bonds. The summed E-state index contributed by atoms with van der Waals surface area (Å²) in [6.45, 7) is 3.13. The van der Waals surface area contributed by atoms with Gasteiger partial charge in [-0.05, 0) is 50.2 Å². The van der Waals surface area contributed by atoms with Crippen molar-refractivity contribution in [2.45, 2.75) is 25.4 Å². The van der Waals surface area contributed by atoms with E-state index in [1.165, 1.54) is 12.8 Å². The molecular formula is C20H24N4O2S. The maximum absolute atomic E-state index is 12.6. The van der Waals surface area contributed by atoms with Gasteiger partial charge >= 0.3 is 6.03 Å². The number of rotatable bonds is 6. The van der Waals surface area contributed by atoms with Gasteiger partial charge in [-0.25, -0.2) is 9.78 Å². The Labute approximate surface area is 162 Å². The first-order valence-corrected chi connectivity index (χ1v) is 10.1. The van der Waals surface area contributed by atoms with E-state index < -0.39 is 0 Å². The zero-order valence-electron chi connectivity index (χ0n) is 15.4. The number of nitrogens with zero attached hydrogens (tertiary/aromatic N) is 3. The monoisotopic (exact) mass is 384 g/mol. The molecule has 1 unspecified atom stereocenters. The summed E-state index contributed by atoms with van der Waals surface area (Å²) < 4.78 is 6.76. The van der Waals surface area contributed by atoms with Gasteiger partial charge in [0.25, 0.3) is 0 Å². The molecule has 1 aromatic carbocycles. The lowest BCUT2D eigenvalue weighted by Gasteiger charge is -2.27. The summed E-state index contributed by atoms with van der Waals surface area (Å²) in [5, 5.41) is 4.00. The van der Waals surface area contributed by atoms with Crippen molar-refractivity contribution in [2.75, 3.05) is 26.7 Å². The SMILES string of the molecule is CN(Cc1nc2ccccc2s1)C(=O)NCC(c1ccco1)N1CCCC1. The van der Waals surface area contributed by atoms with E-state index in [2.05, 4.69) is 21.3 Å². The number of hydrogen-bond acceptors (Lipinski definition) is 5. The predicted octanol–water partition coefficient (Wildman–Crippen LogP) is 3.87. The number of likely N-dealkylation sites (tertiary alicyclic amines) is 1. The first kappa shape index (κ1) is 18.0. The van der Waals surface area contributed by atoms with Gasteiger partial charge in [0.15, 0.2) is 0 Å². The average Bonchev–Trinajstić information content (AvgIpc) is 3.43. The molecule has 27 heavy (non-hydrogen) atoms. The number of furan rings is 1. The summed E-state index contributed by atoms with van der Waals surface area (Å²) in [6, 6.07) is 11.9. The summed E-state index contributed by atoms with van der Waals surface area (Å²) in [4.78, 5) is 21.3. The molecule has 1 saturated heterocycles. The van der Waals surface area contributed by atoms with Crippen LogP contribution in [0.3, 0.4) is 0 Å². The van der Waals surface area contributed by atoms with Crippen LogP contribution in [0.5, 0.6) is 0 Å². The molecule has 142 valence electrons. The van der Waals surface area contributed by atoms with Crippen molar-refractivity contribution in [2.24, 2.45) is 0 Å². The number of hydrogen-bond donors (Lipinski definition) is 1. The van der Waals surface area contributed by atoms with Crippen LogP contribution in [0.25, 0.3) is 10.2 Å². The Balaban J connectivity index is 1.37. The number of thiazole rings is 1. The van der Waals surface area contributed by atoms with Crippen LogP contribution in [0.4, 0.5) is 4.79 Å². The molecule has 1 fully saturated rings. The number of carbonyl (C=O) groups is 1. The van der Waals surface area contributed by atoms with Crippen molar-refractivity contribution in [3.8, 4) is 0 Å². The van der Waals surface area contributed by atoms with Gasteiger partial charge in [0, 0.05) is 13.6 Å². The molecule has 0 radical (unpaired) electrons. The van der Waals surface area contributed by atoms with Crippen molar-refractivity contribution < 1.29 is 9.21 Å². The van der Waals surface area contributed by atoms with Gasteiger partial charge in [-0.3, -0.25) is 4.90 Å². The molecular weight excluding hydrogens is 360 g/mol. The highest BCUT2D eigenvalue weighted by atomic mass is 32.1. The van der Waals surface area contributed by atoms with Crippen molar-refractivity contribution in [1.82, 2.24) is 20.1 Å². The van der Waals surface area contributed by atoms with E-state index in [-0.39, 0.29) is 12.1 Å². The van der Waals surface area contributed by atoms with Gasteiger partial charge in [-0.15, -0.1) is 11.3 Å². The summed E-state index contributed by atoms with van der Waals surface area (Å²) in [6.07, 6.45) is 4.09. The number of fused-ring (bicyclic) bond motifs is 1. The van der Waals surface area contributed by atoms with E-state index in [4.69, 9.17) is 4.42 Å². The van der Waals surface area contributed by atoms with E-state index in [0.717, 1.165) is 34.1 Å². The fourth-order valence-corrected chi connectivity index (χ4v) is 4.55. The Morgan fingerprint density at radius 1 is 1.30 bits per heavy atom. The second-order valence-corrected chi connectivity index (χ2v) is 8.01. The van der Waals surface area contributed by atoms with Crippen molar-refractivity contribution in [3.05, 3.63) is 53.4 Å². The average molecular weight is 385 g/mol. The van der Waals surface area contributed by atoms with Gasteiger partial charge in [0.1, 0.15) is 10.8 Å². The number of aromatic nitrogens is 1. The van der Waals surface area contributed by atoms with Crippen LogP contribution in [-0.2, 0) is 6.54 Å².